The van der Waals surface area contributed by atoms with E-state index in [1.807, 2.05) is 31.3 Å². The zero-order valence-corrected chi connectivity index (χ0v) is 13.0. The van der Waals surface area contributed by atoms with Gasteiger partial charge in [-0.1, -0.05) is 6.58 Å². The maximum Gasteiger partial charge on any atom is 0.207 e. The summed E-state index contributed by atoms with van der Waals surface area (Å²) >= 11 is 3.48. The molecule has 0 aliphatic carbocycles. The van der Waals surface area contributed by atoms with Gasteiger partial charge in [0.15, 0.2) is 5.71 Å². The number of benzene rings is 1. The molecular weight excluding hydrogens is 328 g/mol. The topological polar surface area (TPSA) is 41.9 Å². The summed E-state index contributed by atoms with van der Waals surface area (Å²) in [5, 5.41) is 4.27. The molecule has 1 aliphatic rings. The highest BCUT2D eigenvalue weighted by Crippen LogP contribution is 2.38. The number of ether oxygens (including phenoxy) is 1. The van der Waals surface area contributed by atoms with Crippen LogP contribution in [0.1, 0.15) is 0 Å². The summed E-state index contributed by atoms with van der Waals surface area (Å²) in [6.45, 7) is 3.49. The lowest BCUT2D eigenvalue weighted by atomic mass is 10.3. The van der Waals surface area contributed by atoms with Gasteiger partial charge in [0.2, 0.25) is 5.78 Å². The van der Waals surface area contributed by atoms with Gasteiger partial charge in [-0.15, -0.1) is 0 Å². The molecule has 6 heteroatoms. The predicted octanol–water partition coefficient (Wildman–Crippen LogP) is 2.82. The standard InChI is InChI=1S/C13H13BrN2O2S/c1-4-11(17)12-13(14)19(16(2)15-12)10-7-5-9(18-3)6-8-10/h4-8H,1H2,2-3H3. The van der Waals surface area contributed by atoms with Crippen molar-refractivity contribution in [1.82, 2.24) is 4.41 Å². The lowest BCUT2D eigenvalue weighted by Gasteiger charge is -2.14. The molecule has 0 radical (unpaired) electrons. The first kappa shape index (κ1) is 14.0. The summed E-state index contributed by atoms with van der Waals surface area (Å²) in [5.41, 5.74) is 0.414. The molecule has 1 heterocycles. The highest BCUT2D eigenvalue weighted by Gasteiger charge is 2.25. The van der Waals surface area contributed by atoms with Crippen molar-refractivity contribution < 1.29 is 9.53 Å². The normalized spacial score (nSPS) is 18.3. The van der Waals surface area contributed by atoms with E-state index in [9.17, 15) is 4.79 Å². The molecule has 1 aromatic rings. The Hall–Kier alpha value is -1.40. The Labute approximate surface area is 122 Å². The smallest absolute Gasteiger partial charge is 0.207 e. The minimum absolute atomic E-state index is 0.178. The fourth-order valence-corrected chi connectivity index (χ4v) is 4.72. The quantitative estimate of drug-likeness (QED) is 0.480. The van der Waals surface area contributed by atoms with Crippen LogP contribution in [0.15, 0.2) is 46.9 Å². The van der Waals surface area contributed by atoms with Crippen molar-refractivity contribution in [3.8, 4) is 5.75 Å². The molecule has 0 bridgehead atoms. The van der Waals surface area contributed by atoms with Gasteiger partial charge in [0.25, 0.3) is 0 Å². The maximum absolute atomic E-state index is 11.7. The van der Waals surface area contributed by atoms with Gasteiger partial charge in [0.1, 0.15) is 5.75 Å². The van der Waals surface area contributed by atoms with Crippen molar-refractivity contribution in [3.05, 3.63) is 36.9 Å². The van der Waals surface area contributed by atoms with Gasteiger partial charge in [-0.05, 0) is 56.9 Å². The van der Waals surface area contributed by atoms with Crippen molar-refractivity contribution in [1.29, 1.82) is 0 Å². The van der Waals surface area contributed by atoms with Crippen LogP contribution < -0.4 is 4.74 Å². The fourth-order valence-electron chi connectivity index (χ4n) is 1.63. The van der Waals surface area contributed by atoms with E-state index < -0.39 is 10.7 Å². The molecule has 19 heavy (non-hydrogen) atoms. The number of hydrogen-bond donors (Lipinski definition) is 0. The SMILES string of the molecule is C=CC(=O)C1=NN(C)S(c2ccc(OC)cc2)=C1Br. The van der Waals surface area contributed by atoms with E-state index in [1.54, 1.807) is 11.5 Å². The summed E-state index contributed by atoms with van der Waals surface area (Å²) in [6.07, 6.45) is 1.27. The number of allylic oxidation sites excluding steroid dienone is 1. The third kappa shape index (κ3) is 2.64. The van der Waals surface area contributed by atoms with Crippen molar-refractivity contribution in [2.24, 2.45) is 5.10 Å². The van der Waals surface area contributed by atoms with E-state index in [4.69, 9.17) is 4.74 Å². The molecular formula is C13H13BrN2O2S. The molecule has 0 saturated heterocycles. The lowest BCUT2D eigenvalue weighted by Crippen LogP contribution is -2.15. The Kier molecular flexibility index (Phi) is 4.21. The van der Waals surface area contributed by atoms with Gasteiger partial charge in [0.05, 0.1) is 10.9 Å². The van der Waals surface area contributed by atoms with Crippen LogP contribution in [0.4, 0.5) is 0 Å². The summed E-state index contributed by atoms with van der Waals surface area (Å²) in [4.78, 5) is 12.8. The van der Waals surface area contributed by atoms with Crippen LogP contribution in [0.2, 0.25) is 0 Å². The number of methoxy groups -OCH3 is 1. The largest absolute Gasteiger partial charge is 0.497 e. The number of hydrazone groups is 1. The second-order valence-corrected chi connectivity index (χ2v) is 7.01. The van der Waals surface area contributed by atoms with Crippen LogP contribution in [-0.2, 0) is 4.79 Å². The Morgan fingerprint density at radius 1 is 1.47 bits per heavy atom. The Morgan fingerprint density at radius 3 is 2.63 bits per heavy atom. The van der Waals surface area contributed by atoms with Gasteiger partial charge in [-0.25, -0.2) is 4.41 Å². The highest BCUT2D eigenvalue weighted by molar-refractivity contribution is 9.21. The molecule has 1 unspecified atom stereocenters. The number of rotatable bonds is 4. The van der Waals surface area contributed by atoms with Crippen LogP contribution in [0.25, 0.3) is 0 Å². The number of carbonyl (C=O) groups excluding carboxylic acids is 1. The Bertz CT molecular complexity index is 593. The molecule has 0 saturated carbocycles. The predicted molar refractivity (Wildman–Crippen MR) is 83.2 cm³/mol. The van der Waals surface area contributed by atoms with Crippen molar-refractivity contribution in [3.63, 3.8) is 0 Å². The lowest BCUT2D eigenvalue weighted by molar-refractivity contribution is -0.108. The van der Waals surface area contributed by atoms with Crippen molar-refractivity contribution in [2.45, 2.75) is 4.90 Å². The fraction of sp³-hybridized carbons (Fsp3) is 0.154. The van der Waals surface area contributed by atoms with E-state index in [0.717, 1.165) is 14.4 Å². The van der Waals surface area contributed by atoms with Crippen molar-refractivity contribution >= 4 is 41.9 Å². The average molecular weight is 341 g/mol. The molecule has 0 fully saturated rings. The number of halogens is 1. The van der Waals surface area contributed by atoms with Crippen LogP contribution in [0, 0.1) is 0 Å². The first-order valence-electron chi connectivity index (χ1n) is 5.49. The number of ketones is 1. The van der Waals surface area contributed by atoms with Gasteiger partial charge < -0.3 is 4.74 Å². The third-order valence-corrected chi connectivity index (χ3v) is 5.72. The summed E-state index contributed by atoms with van der Waals surface area (Å²) < 4.78 is 7.70. The van der Waals surface area contributed by atoms with Crippen molar-refractivity contribution in [2.75, 3.05) is 14.2 Å². The molecule has 0 spiro atoms. The van der Waals surface area contributed by atoms with Crippen LogP contribution in [0.5, 0.6) is 5.75 Å². The molecule has 0 aromatic heterocycles. The summed E-state index contributed by atoms with van der Waals surface area (Å²) in [5.74, 6) is 0.621. The number of hydrogen-bond acceptors (Lipinski definition) is 4. The number of nitrogens with zero attached hydrogens (tertiary/aromatic N) is 2. The zero-order chi connectivity index (χ0) is 14.0. The monoisotopic (exact) mass is 340 g/mol. The van der Waals surface area contributed by atoms with Gasteiger partial charge >= 0.3 is 0 Å². The summed E-state index contributed by atoms with van der Waals surface area (Å²) in [6, 6.07) is 7.72. The Balaban J connectivity index is 2.41. The molecule has 1 aromatic carbocycles. The minimum Gasteiger partial charge on any atom is -0.497 e. The molecule has 0 amide bonds. The first-order valence-corrected chi connectivity index (χ1v) is 7.46. The second kappa shape index (κ2) is 5.71. The van der Waals surface area contributed by atoms with E-state index in [0.29, 0.717) is 5.71 Å². The highest BCUT2D eigenvalue weighted by atomic mass is 79.9. The molecule has 4 nitrogen and oxygen atoms in total. The molecule has 100 valence electrons. The zero-order valence-electron chi connectivity index (χ0n) is 10.6. The second-order valence-electron chi connectivity index (χ2n) is 3.72. The maximum atomic E-state index is 11.7. The molecule has 2 rings (SSSR count). The van der Waals surface area contributed by atoms with E-state index in [-0.39, 0.29) is 5.78 Å². The molecule has 1 atom stereocenters. The average Bonchev–Trinajstić information content (AvgIpc) is 2.73. The molecule has 1 aliphatic heterocycles. The minimum atomic E-state index is -0.404. The van der Waals surface area contributed by atoms with Crippen LogP contribution in [0.3, 0.4) is 0 Å². The van der Waals surface area contributed by atoms with Crippen LogP contribution >= 0.6 is 26.6 Å². The molecule has 0 N–H and O–H groups in total. The van der Waals surface area contributed by atoms with Crippen LogP contribution in [-0.4, -0.2) is 33.8 Å². The van der Waals surface area contributed by atoms with E-state index in [2.05, 4.69) is 27.6 Å². The third-order valence-electron chi connectivity index (χ3n) is 2.56. The first-order chi connectivity index (χ1) is 9.08. The van der Waals surface area contributed by atoms with Gasteiger partial charge in [-0.2, -0.15) is 5.10 Å². The van der Waals surface area contributed by atoms with Gasteiger partial charge in [-0.3, -0.25) is 4.79 Å². The Morgan fingerprint density at radius 2 is 2.11 bits per heavy atom. The van der Waals surface area contributed by atoms with Gasteiger partial charge in [0, 0.05) is 11.9 Å². The van der Waals surface area contributed by atoms with E-state index >= 15 is 0 Å². The summed E-state index contributed by atoms with van der Waals surface area (Å²) in [7, 11) is 3.07. The van der Waals surface area contributed by atoms with E-state index in [1.165, 1.54) is 6.08 Å². The number of carbonyl (C=O) groups is 1.